The molecule has 0 radical (unpaired) electrons. The molecule has 30 heteroatoms. The summed E-state index contributed by atoms with van der Waals surface area (Å²) >= 11 is 0. The first-order chi connectivity index (χ1) is 42.6. The third kappa shape index (κ3) is 23.0. The Hall–Kier alpha value is -3.64. The van der Waals surface area contributed by atoms with Crippen molar-refractivity contribution in [3.63, 3.8) is 0 Å². The summed E-state index contributed by atoms with van der Waals surface area (Å²) < 4.78 is 162. The zero-order valence-electron chi connectivity index (χ0n) is 50.3. The zero-order chi connectivity index (χ0) is 61.9. The largest absolute Gasteiger partial charge is 1.00 e. The first kappa shape index (κ1) is 76.4. The third-order valence-electron chi connectivity index (χ3n) is 14.4. The summed E-state index contributed by atoms with van der Waals surface area (Å²) in [6.07, 6.45) is -23.4. The van der Waals surface area contributed by atoms with Gasteiger partial charge in [-0.15, -0.1) is 0 Å². The molecule has 0 aromatic heterocycles. The fraction of sp³-hybridized carbons (Fsp3) is 0.393. The van der Waals surface area contributed by atoms with Crippen LogP contribution in [0.5, 0.6) is 0 Å². The van der Waals surface area contributed by atoms with E-state index in [0.717, 1.165) is 22.3 Å². The predicted molar refractivity (Wildman–Crippen MR) is 302 cm³/mol. The van der Waals surface area contributed by atoms with E-state index in [1.54, 1.807) is 60.7 Å². The maximum Gasteiger partial charge on any atom is 1.00 e. The summed E-state index contributed by atoms with van der Waals surface area (Å²) in [7, 11) is -10.1. The van der Waals surface area contributed by atoms with Gasteiger partial charge in [0.25, 0.3) is 0 Å². The van der Waals surface area contributed by atoms with Crippen molar-refractivity contribution in [2.75, 3.05) is 20.3 Å². The van der Waals surface area contributed by atoms with Crippen LogP contribution in [0.2, 0.25) is 0 Å². The van der Waals surface area contributed by atoms with Gasteiger partial charge in [-0.3, -0.25) is 8.37 Å². The van der Waals surface area contributed by atoms with Crippen LogP contribution < -0.4 is 93.8 Å². The number of aliphatic carboxylic acids is 1. The molecule has 6 aromatic carbocycles. The first-order valence-corrected chi connectivity index (χ1v) is 30.5. The minimum absolute atomic E-state index is 0. The van der Waals surface area contributed by atoms with Crippen molar-refractivity contribution in [1.82, 2.24) is 0 Å². The van der Waals surface area contributed by atoms with Crippen molar-refractivity contribution >= 4 is 26.8 Å². The molecule has 0 N–H and O–H groups in total. The van der Waals surface area contributed by atoms with Gasteiger partial charge in [-0.2, -0.15) is 0 Å². The first-order valence-electron chi connectivity index (χ1n) is 27.8. The van der Waals surface area contributed by atoms with Gasteiger partial charge in [0.1, 0.15) is 67.1 Å². The predicted octanol–water partition coefficient (Wildman–Crippen LogP) is -3.52. The van der Waals surface area contributed by atoms with Crippen LogP contribution in [0.15, 0.2) is 187 Å². The Morgan fingerprint density at radius 3 is 1.21 bits per heavy atom. The molecular formula is C61H64N3Na3O22S2. The number of carbonyl (C=O) groups is 1. The monoisotopic (exact) mass is 1320 g/mol. The normalized spacial score (nSPS) is 26.6. The van der Waals surface area contributed by atoms with Crippen molar-refractivity contribution in [1.29, 1.82) is 0 Å². The van der Waals surface area contributed by atoms with Crippen LogP contribution in [0.25, 0.3) is 10.4 Å². The molecule has 3 aliphatic heterocycles. The number of benzene rings is 6. The van der Waals surface area contributed by atoms with E-state index in [1.807, 2.05) is 121 Å². The van der Waals surface area contributed by atoms with E-state index in [0.29, 0.717) is 11.1 Å². The molecule has 3 aliphatic rings. The van der Waals surface area contributed by atoms with Crippen LogP contribution in [0.4, 0.5) is 0 Å². The molecule has 15 atom stereocenters. The number of hydrogen-bond donors (Lipinski definition) is 0. The number of carboxylic acid groups (broad SMARTS) is 1. The Morgan fingerprint density at radius 1 is 0.451 bits per heavy atom. The number of hydrogen-bond acceptors (Lipinski definition) is 23. The van der Waals surface area contributed by atoms with E-state index in [2.05, 4.69) is 14.2 Å². The van der Waals surface area contributed by atoms with Gasteiger partial charge >= 0.3 is 88.7 Å². The SMILES string of the molecule is CO[C@H]1[C@H](OCc2ccccc2)[C@@H](N=[N+]=[N-])[C@@H](O[C@H]2[C@H](OCc3ccccc3)[C@@H](OS(=O)(=O)[O-])[C@H](OC[C@H]3O[C@@H](OCc4ccccc4)[C@H](OCc4ccccc4)[C@@H](OCc4ccccc4)[C@@H]3OCc3ccccc3)O[C@H]2C(=O)[O-])O[C@@H]1COS(=O)(=O)[O-].[Na+].[Na+].[Na+]. The number of ether oxygens (including phenoxy) is 12. The Bertz CT molecular complexity index is 3370. The van der Waals surface area contributed by atoms with E-state index < -0.39 is 139 Å². The van der Waals surface area contributed by atoms with Gasteiger partial charge in [-0.25, -0.2) is 16.8 Å². The summed E-state index contributed by atoms with van der Waals surface area (Å²) in [4.78, 5) is 16.6. The van der Waals surface area contributed by atoms with Gasteiger partial charge < -0.3 is 75.8 Å². The Balaban J connectivity index is 0.00000439. The van der Waals surface area contributed by atoms with Crippen molar-refractivity contribution < 1.29 is 190 Å². The van der Waals surface area contributed by atoms with Crippen molar-refractivity contribution in [3.8, 4) is 0 Å². The van der Waals surface area contributed by atoms with Crippen LogP contribution in [-0.2, 0) is 130 Å². The molecule has 9 rings (SSSR count). The molecule has 25 nitrogen and oxygen atoms in total. The molecule has 91 heavy (non-hydrogen) atoms. The van der Waals surface area contributed by atoms with Crippen LogP contribution in [0.3, 0.4) is 0 Å². The Kier molecular flexibility index (Phi) is 32.1. The maximum absolute atomic E-state index is 13.7. The van der Waals surface area contributed by atoms with Crippen LogP contribution in [0, 0.1) is 0 Å². The molecule has 0 amide bonds. The fourth-order valence-electron chi connectivity index (χ4n) is 10.3. The number of rotatable bonds is 31. The molecule has 0 spiro atoms. The third-order valence-corrected chi connectivity index (χ3v) is 15.3. The molecular weight excluding hydrogens is 1260 g/mol. The molecule has 3 heterocycles. The van der Waals surface area contributed by atoms with Gasteiger partial charge in [-0.1, -0.05) is 187 Å². The molecule has 3 saturated heterocycles. The second kappa shape index (κ2) is 38.2. The van der Waals surface area contributed by atoms with E-state index >= 15 is 0 Å². The van der Waals surface area contributed by atoms with Crippen LogP contribution in [-0.4, -0.2) is 144 Å². The minimum atomic E-state index is -5.84. The van der Waals surface area contributed by atoms with Crippen LogP contribution in [0.1, 0.15) is 33.4 Å². The average molecular weight is 1320 g/mol. The van der Waals surface area contributed by atoms with Crippen LogP contribution >= 0.6 is 0 Å². The van der Waals surface area contributed by atoms with E-state index in [4.69, 9.17) is 61.0 Å². The summed E-state index contributed by atoms with van der Waals surface area (Å²) in [5.74, 6) is -2.02. The second-order valence-electron chi connectivity index (χ2n) is 20.4. The van der Waals surface area contributed by atoms with Gasteiger partial charge in [-0.05, 0) is 38.9 Å². The molecule has 3 fully saturated rings. The smallest absolute Gasteiger partial charge is 0.726 e. The molecule has 0 bridgehead atoms. The molecule has 0 unspecified atom stereocenters. The van der Waals surface area contributed by atoms with E-state index in [9.17, 15) is 41.4 Å². The van der Waals surface area contributed by atoms with Crippen molar-refractivity contribution in [2.24, 2.45) is 5.11 Å². The molecule has 0 saturated carbocycles. The fourth-order valence-corrected chi connectivity index (χ4v) is 11.1. The maximum atomic E-state index is 13.7. The Labute approximate surface area is 593 Å². The minimum Gasteiger partial charge on any atom is -0.726 e. The number of carbonyl (C=O) groups excluding carboxylic acids is 1. The Morgan fingerprint density at radius 2 is 0.813 bits per heavy atom. The standard InChI is InChI=1S/C61H67N3O22S2.3Na/c1-73-49-47(39-81-87(67,68)69)82-59(48(63-64-62)51(49)75-33-41-22-10-3-11-23-41)84-54-53(77-35-43-26-14-5-15-27-43)57(86-88(70,71)72)61(85-55(54)58(65)66)80-38-46-50(74-32-40-20-8-2-9-21-40)52(76-34-42-24-12-4-13-25-42)56(78-36-44-28-16-6-17-29-44)60(83-46)79-37-45-30-18-7-19-31-45;;;/h2-31,46-57,59-61H,32-39H2,1H3,(H,65,66)(H,67,68,69)(H,70,71,72);;;/q;3*+1/p-3/t46-,47-,48-,49-,50-,51-,52+,53+,54+,55-,56-,57-,59-,60-,61-;;;/m1.../s1. The number of azide groups is 1. The number of methoxy groups -OCH3 is 1. The van der Waals surface area contributed by atoms with Crippen molar-refractivity contribution in [2.45, 2.75) is 132 Å². The van der Waals surface area contributed by atoms with Gasteiger partial charge in [0, 0.05) is 12.0 Å². The quantitative estimate of drug-likeness (QED) is 0.0102. The molecule has 470 valence electrons. The number of carboxylic acids is 1. The second-order valence-corrected chi connectivity index (χ2v) is 22.5. The summed E-state index contributed by atoms with van der Waals surface area (Å²) in [6, 6.07) is 52.2. The van der Waals surface area contributed by atoms with Gasteiger partial charge in [0.05, 0.1) is 58.8 Å². The topological polar surface area (TPSA) is 333 Å². The number of nitrogens with zero attached hydrogens (tertiary/aromatic N) is 3. The molecule has 0 aliphatic carbocycles. The zero-order valence-corrected chi connectivity index (χ0v) is 57.9. The van der Waals surface area contributed by atoms with Gasteiger partial charge in [0.2, 0.25) is 20.8 Å². The van der Waals surface area contributed by atoms with Gasteiger partial charge in [0.15, 0.2) is 25.0 Å². The summed E-state index contributed by atoms with van der Waals surface area (Å²) in [5.41, 5.74) is 14.2. The summed E-state index contributed by atoms with van der Waals surface area (Å²) in [6.45, 7) is -2.27. The average Bonchev–Trinajstić information content (AvgIpc) is 0.931. The molecule has 6 aromatic rings. The van der Waals surface area contributed by atoms with Crippen molar-refractivity contribution in [3.05, 3.63) is 226 Å². The van der Waals surface area contributed by atoms with E-state index in [-0.39, 0.29) is 122 Å². The van der Waals surface area contributed by atoms with E-state index in [1.165, 1.54) is 7.11 Å². The summed E-state index contributed by atoms with van der Waals surface area (Å²) in [5, 5.41) is 17.6.